The first-order valence-corrected chi connectivity index (χ1v) is 11.1. The summed E-state index contributed by atoms with van der Waals surface area (Å²) >= 11 is 0. The lowest BCUT2D eigenvalue weighted by atomic mass is 9.94. The number of nitrogens with zero attached hydrogens (tertiary/aromatic N) is 1. The fraction of sp³-hybridized carbons (Fsp3) is 0.385. The molecule has 33 heavy (non-hydrogen) atoms. The number of carbonyl (C=O) groups is 1. The van der Waals surface area contributed by atoms with Gasteiger partial charge < -0.3 is 18.6 Å². The Hall–Kier alpha value is -3.03. The lowest BCUT2D eigenvalue weighted by molar-refractivity contribution is -0.0563. The van der Waals surface area contributed by atoms with E-state index in [0.29, 0.717) is 30.4 Å². The maximum atomic E-state index is 13.1. The van der Waals surface area contributed by atoms with E-state index in [0.717, 1.165) is 42.4 Å². The Kier molecular flexibility index (Phi) is 7.52. The quantitative estimate of drug-likeness (QED) is 0.412. The van der Waals surface area contributed by atoms with E-state index in [4.69, 9.17) is 18.6 Å². The van der Waals surface area contributed by atoms with Gasteiger partial charge in [0.1, 0.15) is 17.8 Å². The van der Waals surface area contributed by atoms with Crippen molar-refractivity contribution in [2.75, 3.05) is 7.11 Å². The SMILES string of the molecule is COC(=O)c1c(C)cccc1COC1CCCC(OCc2coc(-c3ccc(F)cc3)n2)C1. The smallest absolute Gasteiger partial charge is 0.338 e. The van der Waals surface area contributed by atoms with Gasteiger partial charge in [0.25, 0.3) is 0 Å². The van der Waals surface area contributed by atoms with Crippen LogP contribution in [0.4, 0.5) is 4.39 Å². The fourth-order valence-corrected chi connectivity index (χ4v) is 4.16. The highest BCUT2D eigenvalue weighted by molar-refractivity contribution is 5.92. The van der Waals surface area contributed by atoms with E-state index in [-0.39, 0.29) is 24.0 Å². The number of aryl methyl sites for hydroxylation is 1. The number of aromatic nitrogens is 1. The molecule has 0 N–H and O–H groups in total. The number of carbonyl (C=O) groups excluding carboxylic acids is 1. The third kappa shape index (κ3) is 5.86. The summed E-state index contributed by atoms with van der Waals surface area (Å²) in [4.78, 5) is 16.6. The van der Waals surface area contributed by atoms with Gasteiger partial charge in [-0.3, -0.25) is 0 Å². The van der Waals surface area contributed by atoms with Crippen LogP contribution in [0, 0.1) is 12.7 Å². The Balaban J connectivity index is 1.30. The normalized spacial score (nSPS) is 18.3. The lowest BCUT2D eigenvalue weighted by Gasteiger charge is -2.29. The number of halogens is 1. The van der Waals surface area contributed by atoms with Crippen LogP contribution in [0.15, 0.2) is 53.1 Å². The van der Waals surface area contributed by atoms with Crippen LogP contribution >= 0.6 is 0 Å². The average Bonchev–Trinajstić information content (AvgIpc) is 3.31. The number of benzene rings is 2. The molecule has 1 saturated carbocycles. The zero-order valence-electron chi connectivity index (χ0n) is 18.9. The Morgan fingerprint density at radius 1 is 1.09 bits per heavy atom. The van der Waals surface area contributed by atoms with Crippen molar-refractivity contribution in [2.24, 2.45) is 0 Å². The number of ether oxygens (including phenoxy) is 3. The summed E-state index contributed by atoms with van der Waals surface area (Å²) < 4.78 is 35.8. The topological polar surface area (TPSA) is 70.8 Å². The Morgan fingerprint density at radius 2 is 1.82 bits per heavy atom. The molecule has 1 aliphatic carbocycles. The van der Waals surface area contributed by atoms with Crippen LogP contribution in [0.2, 0.25) is 0 Å². The highest BCUT2D eigenvalue weighted by Gasteiger charge is 2.24. The van der Waals surface area contributed by atoms with Gasteiger partial charge in [-0.15, -0.1) is 0 Å². The minimum absolute atomic E-state index is 0.0573. The van der Waals surface area contributed by atoms with Crippen LogP contribution < -0.4 is 0 Å². The summed E-state index contributed by atoms with van der Waals surface area (Å²) in [6, 6.07) is 11.7. The minimum Gasteiger partial charge on any atom is -0.465 e. The molecule has 0 amide bonds. The van der Waals surface area contributed by atoms with Crippen LogP contribution in [0.5, 0.6) is 0 Å². The largest absolute Gasteiger partial charge is 0.465 e. The molecule has 1 aromatic heterocycles. The number of hydrogen-bond acceptors (Lipinski definition) is 6. The highest BCUT2D eigenvalue weighted by atomic mass is 19.1. The fourth-order valence-electron chi connectivity index (χ4n) is 4.16. The molecule has 1 fully saturated rings. The molecule has 0 bridgehead atoms. The first-order chi connectivity index (χ1) is 16.0. The first kappa shape index (κ1) is 23.1. The molecule has 3 aromatic rings. The third-order valence-corrected chi connectivity index (χ3v) is 5.91. The summed E-state index contributed by atoms with van der Waals surface area (Å²) in [5, 5.41) is 0. The second-order valence-electron chi connectivity index (χ2n) is 8.28. The number of hydrogen-bond donors (Lipinski definition) is 0. The Labute approximate surface area is 192 Å². The Bertz CT molecular complexity index is 1080. The zero-order chi connectivity index (χ0) is 23.2. The van der Waals surface area contributed by atoms with Gasteiger partial charge in [-0.1, -0.05) is 18.2 Å². The Morgan fingerprint density at radius 3 is 2.55 bits per heavy atom. The van der Waals surface area contributed by atoms with E-state index < -0.39 is 0 Å². The minimum atomic E-state index is -0.343. The molecule has 0 saturated heterocycles. The number of oxazole rings is 1. The van der Waals surface area contributed by atoms with Crippen molar-refractivity contribution in [3.63, 3.8) is 0 Å². The van der Waals surface area contributed by atoms with Gasteiger partial charge in [-0.2, -0.15) is 0 Å². The van der Waals surface area contributed by atoms with Gasteiger partial charge in [-0.25, -0.2) is 14.2 Å². The molecule has 174 valence electrons. The molecular weight excluding hydrogens is 425 g/mol. The molecule has 1 aliphatic rings. The summed E-state index contributed by atoms with van der Waals surface area (Å²) in [5.41, 5.74) is 3.70. The highest BCUT2D eigenvalue weighted by Crippen LogP contribution is 2.27. The molecule has 0 spiro atoms. The van der Waals surface area contributed by atoms with Crippen molar-refractivity contribution in [1.82, 2.24) is 4.98 Å². The van der Waals surface area contributed by atoms with Crippen molar-refractivity contribution in [1.29, 1.82) is 0 Å². The van der Waals surface area contributed by atoms with Crippen molar-refractivity contribution >= 4 is 5.97 Å². The van der Waals surface area contributed by atoms with Crippen LogP contribution in [0.1, 0.15) is 52.9 Å². The van der Waals surface area contributed by atoms with Crippen molar-refractivity contribution in [3.8, 4) is 11.5 Å². The number of methoxy groups -OCH3 is 1. The molecule has 4 rings (SSSR count). The predicted molar refractivity (Wildman–Crippen MR) is 120 cm³/mol. The van der Waals surface area contributed by atoms with E-state index in [1.54, 1.807) is 18.4 Å². The van der Waals surface area contributed by atoms with Crippen LogP contribution in [-0.2, 0) is 27.4 Å². The molecule has 7 heteroatoms. The maximum absolute atomic E-state index is 13.1. The van der Waals surface area contributed by atoms with Gasteiger partial charge in [-0.05, 0) is 68.0 Å². The summed E-state index contributed by atoms with van der Waals surface area (Å²) in [6.45, 7) is 2.59. The predicted octanol–water partition coefficient (Wildman–Crippen LogP) is 5.62. The van der Waals surface area contributed by atoms with E-state index in [9.17, 15) is 9.18 Å². The standard InChI is InChI=1S/C26H28FNO5/c1-17-5-3-6-19(24(17)26(29)30-2)14-31-22-7-4-8-23(13-22)32-15-21-16-33-25(28-21)18-9-11-20(27)12-10-18/h3,5-6,9-12,16,22-23H,4,7-8,13-15H2,1-2H3. The molecule has 0 aliphatic heterocycles. The van der Waals surface area contributed by atoms with Crippen molar-refractivity contribution < 1.29 is 27.8 Å². The molecule has 2 unspecified atom stereocenters. The monoisotopic (exact) mass is 453 g/mol. The van der Waals surface area contributed by atoms with E-state index in [2.05, 4.69) is 4.98 Å². The van der Waals surface area contributed by atoms with E-state index in [1.165, 1.54) is 19.2 Å². The molecule has 1 heterocycles. The van der Waals surface area contributed by atoms with Crippen LogP contribution in [0.3, 0.4) is 0 Å². The summed E-state index contributed by atoms with van der Waals surface area (Å²) in [7, 11) is 1.39. The van der Waals surface area contributed by atoms with Crippen LogP contribution in [-0.4, -0.2) is 30.3 Å². The van der Waals surface area contributed by atoms with Gasteiger partial charge in [0.05, 0.1) is 38.1 Å². The summed E-state index contributed by atoms with van der Waals surface area (Å²) in [6.07, 6.45) is 5.39. The number of rotatable bonds is 8. The molecule has 0 radical (unpaired) electrons. The van der Waals surface area contributed by atoms with Crippen molar-refractivity contribution in [3.05, 3.63) is 76.9 Å². The third-order valence-electron chi connectivity index (χ3n) is 5.91. The zero-order valence-corrected chi connectivity index (χ0v) is 18.9. The molecule has 6 nitrogen and oxygen atoms in total. The summed E-state index contributed by atoms with van der Waals surface area (Å²) in [5.74, 6) is -0.200. The van der Waals surface area contributed by atoms with Crippen molar-refractivity contribution in [2.45, 2.75) is 58.0 Å². The van der Waals surface area contributed by atoms with Gasteiger partial charge in [0, 0.05) is 5.56 Å². The molecular formula is C26H28FNO5. The second-order valence-corrected chi connectivity index (χ2v) is 8.28. The van der Waals surface area contributed by atoms with E-state index >= 15 is 0 Å². The lowest BCUT2D eigenvalue weighted by Crippen LogP contribution is -2.28. The van der Waals surface area contributed by atoms with Gasteiger partial charge in [0.15, 0.2) is 0 Å². The van der Waals surface area contributed by atoms with Crippen LogP contribution in [0.25, 0.3) is 11.5 Å². The van der Waals surface area contributed by atoms with Gasteiger partial charge in [0.2, 0.25) is 5.89 Å². The van der Waals surface area contributed by atoms with Gasteiger partial charge >= 0.3 is 5.97 Å². The molecule has 2 aromatic carbocycles. The average molecular weight is 454 g/mol. The first-order valence-electron chi connectivity index (χ1n) is 11.1. The maximum Gasteiger partial charge on any atom is 0.338 e. The number of esters is 1. The second kappa shape index (κ2) is 10.7. The van der Waals surface area contributed by atoms with E-state index in [1.807, 2.05) is 25.1 Å². The molecule has 2 atom stereocenters.